The summed E-state index contributed by atoms with van der Waals surface area (Å²) in [7, 11) is 0. The average molecular weight is 369 g/mol. The van der Waals surface area contributed by atoms with Gasteiger partial charge in [0.1, 0.15) is 30.1 Å². The maximum Gasteiger partial charge on any atom is 0.149 e. The number of ether oxygens (including phenoxy) is 1. The predicted octanol–water partition coefficient (Wildman–Crippen LogP) is 5.35. The van der Waals surface area contributed by atoms with E-state index in [1.165, 1.54) is 6.07 Å². The van der Waals surface area contributed by atoms with Gasteiger partial charge in [0.15, 0.2) is 0 Å². The summed E-state index contributed by atoms with van der Waals surface area (Å²) in [4.78, 5) is 7.64. The van der Waals surface area contributed by atoms with Crippen LogP contribution in [0.1, 0.15) is 17.0 Å². The molecule has 0 unspecified atom stereocenters. The quantitative estimate of drug-likeness (QED) is 0.483. The molecule has 5 heteroatoms. The smallest absolute Gasteiger partial charge is 0.149 e. The van der Waals surface area contributed by atoms with Crippen LogP contribution < -0.4 is 4.74 Å². The molecular weight excluding hydrogens is 353 g/mol. The molecule has 0 radical (unpaired) electrons. The minimum Gasteiger partial charge on any atom is -0.488 e. The molecule has 0 fully saturated rings. The largest absolute Gasteiger partial charge is 0.488 e. The predicted molar refractivity (Wildman–Crippen MR) is 107 cm³/mol. The van der Waals surface area contributed by atoms with Crippen LogP contribution in [0.4, 0.5) is 4.39 Å². The first kappa shape index (κ1) is 17.5. The maximum absolute atomic E-state index is 13.8. The number of H-pyrrole nitrogens is 1. The van der Waals surface area contributed by atoms with Gasteiger partial charge >= 0.3 is 0 Å². The highest BCUT2D eigenvalue weighted by Crippen LogP contribution is 2.25. The minimum atomic E-state index is -0.310. The summed E-state index contributed by atoms with van der Waals surface area (Å²) in [5, 5.41) is 9.63. The molecule has 28 heavy (non-hydrogen) atoms. The Kier molecular flexibility index (Phi) is 4.85. The van der Waals surface area contributed by atoms with Crippen molar-refractivity contribution in [2.24, 2.45) is 0 Å². The third-order valence-corrected chi connectivity index (χ3v) is 4.32. The van der Waals surface area contributed by atoms with Gasteiger partial charge in [0.05, 0.1) is 16.6 Å². The first-order chi connectivity index (χ1) is 13.7. The number of aromatic nitrogens is 2. The molecule has 0 aliphatic rings. The van der Waals surface area contributed by atoms with Crippen LogP contribution in [0.3, 0.4) is 0 Å². The molecule has 136 valence electrons. The third-order valence-electron chi connectivity index (χ3n) is 4.32. The summed E-state index contributed by atoms with van der Waals surface area (Å²) in [6, 6.07) is 23.6. The van der Waals surface area contributed by atoms with E-state index in [1.54, 1.807) is 30.3 Å². The van der Waals surface area contributed by atoms with Crippen molar-refractivity contribution in [3.63, 3.8) is 0 Å². The zero-order valence-corrected chi connectivity index (χ0v) is 14.9. The van der Waals surface area contributed by atoms with Crippen molar-refractivity contribution >= 4 is 22.7 Å². The highest BCUT2D eigenvalue weighted by molar-refractivity contribution is 5.91. The van der Waals surface area contributed by atoms with Gasteiger partial charge in [0.25, 0.3) is 0 Å². The van der Waals surface area contributed by atoms with Gasteiger partial charge in [-0.2, -0.15) is 5.26 Å². The van der Waals surface area contributed by atoms with Gasteiger partial charge in [0.2, 0.25) is 0 Å². The van der Waals surface area contributed by atoms with Crippen molar-refractivity contribution in [3.8, 4) is 11.8 Å². The lowest BCUT2D eigenvalue weighted by Crippen LogP contribution is -1.99. The molecular formula is C23H16FN3O. The van der Waals surface area contributed by atoms with E-state index in [0.29, 0.717) is 22.7 Å². The number of aromatic amines is 1. The molecule has 0 saturated heterocycles. The molecule has 0 bridgehead atoms. The van der Waals surface area contributed by atoms with Crippen molar-refractivity contribution in [2.45, 2.75) is 6.61 Å². The molecule has 3 aromatic carbocycles. The Bertz CT molecular complexity index is 1170. The van der Waals surface area contributed by atoms with Crippen molar-refractivity contribution in [2.75, 3.05) is 0 Å². The minimum absolute atomic E-state index is 0.101. The molecule has 4 nitrogen and oxygen atoms in total. The average Bonchev–Trinajstić information content (AvgIpc) is 3.16. The van der Waals surface area contributed by atoms with Gasteiger partial charge < -0.3 is 9.72 Å². The van der Waals surface area contributed by atoms with E-state index in [9.17, 15) is 9.65 Å². The molecule has 1 heterocycles. The Labute approximate surface area is 161 Å². The summed E-state index contributed by atoms with van der Waals surface area (Å²) in [5.41, 5.74) is 3.23. The SMILES string of the molecule is N#C/C(=C\c1ccccc1OCc1ccccc1F)c1nc2ccccc2[nH]1. The lowest BCUT2D eigenvalue weighted by atomic mass is 10.1. The molecule has 1 aromatic heterocycles. The topological polar surface area (TPSA) is 61.7 Å². The number of allylic oxidation sites excluding steroid dienone is 1. The number of benzene rings is 3. The van der Waals surface area contributed by atoms with E-state index in [-0.39, 0.29) is 12.4 Å². The van der Waals surface area contributed by atoms with Crippen LogP contribution >= 0.6 is 0 Å². The Morgan fingerprint density at radius 2 is 1.79 bits per heavy atom. The van der Waals surface area contributed by atoms with Crippen molar-refractivity contribution < 1.29 is 9.13 Å². The van der Waals surface area contributed by atoms with E-state index in [1.807, 2.05) is 42.5 Å². The van der Waals surface area contributed by atoms with E-state index in [2.05, 4.69) is 16.0 Å². The number of nitrogens with one attached hydrogen (secondary N) is 1. The summed E-state index contributed by atoms with van der Waals surface area (Å²) >= 11 is 0. The molecule has 0 amide bonds. The molecule has 1 N–H and O–H groups in total. The van der Waals surface area contributed by atoms with Crippen LogP contribution in [0, 0.1) is 17.1 Å². The van der Waals surface area contributed by atoms with Crippen molar-refractivity contribution in [1.29, 1.82) is 5.26 Å². The van der Waals surface area contributed by atoms with Crippen molar-refractivity contribution in [1.82, 2.24) is 9.97 Å². The van der Waals surface area contributed by atoms with Crippen molar-refractivity contribution in [3.05, 3.63) is 95.6 Å². The third kappa shape index (κ3) is 3.62. The fourth-order valence-electron chi connectivity index (χ4n) is 2.89. The lowest BCUT2D eigenvalue weighted by molar-refractivity contribution is 0.299. The van der Waals surface area contributed by atoms with Crippen LogP contribution in [0.25, 0.3) is 22.7 Å². The summed E-state index contributed by atoms with van der Waals surface area (Å²) in [6.45, 7) is 0.101. The second-order valence-electron chi connectivity index (χ2n) is 6.19. The van der Waals surface area contributed by atoms with Gasteiger partial charge in [-0.05, 0) is 30.3 Å². The van der Waals surface area contributed by atoms with Crippen LogP contribution in [0.5, 0.6) is 5.75 Å². The number of halogens is 1. The number of nitriles is 1. The molecule has 0 spiro atoms. The highest BCUT2D eigenvalue weighted by atomic mass is 19.1. The summed E-state index contributed by atoms with van der Waals surface area (Å²) in [5.74, 6) is 0.748. The Balaban J connectivity index is 1.65. The first-order valence-corrected chi connectivity index (χ1v) is 8.77. The fraction of sp³-hybridized carbons (Fsp3) is 0.0435. The first-order valence-electron chi connectivity index (χ1n) is 8.77. The molecule has 4 aromatic rings. The Hall–Kier alpha value is -3.91. The Morgan fingerprint density at radius 3 is 2.61 bits per heavy atom. The van der Waals surface area contributed by atoms with E-state index >= 15 is 0 Å². The van der Waals surface area contributed by atoms with Gasteiger partial charge in [-0.15, -0.1) is 0 Å². The molecule has 0 aliphatic carbocycles. The number of hydrogen-bond donors (Lipinski definition) is 1. The second-order valence-corrected chi connectivity index (χ2v) is 6.19. The highest BCUT2D eigenvalue weighted by Gasteiger charge is 2.10. The molecule has 4 rings (SSSR count). The number of para-hydroxylation sites is 3. The van der Waals surface area contributed by atoms with Crippen LogP contribution in [0.15, 0.2) is 72.8 Å². The zero-order chi connectivity index (χ0) is 19.3. The normalized spacial score (nSPS) is 11.4. The fourth-order valence-corrected chi connectivity index (χ4v) is 2.89. The molecule has 0 saturated carbocycles. The van der Waals surface area contributed by atoms with Crippen LogP contribution in [0.2, 0.25) is 0 Å². The Morgan fingerprint density at radius 1 is 1.04 bits per heavy atom. The van der Waals surface area contributed by atoms with E-state index < -0.39 is 0 Å². The molecule has 0 atom stereocenters. The van der Waals surface area contributed by atoms with Gasteiger partial charge in [-0.3, -0.25) is 0 Å². The second kappa shape index (κ2) is 7.77. The van der Waals surface area contributed by atoms with Gasteiger partial charge in [0, 0.05) is 11.1 Å². The number of nitrogens with zero attached hydrogens (tertiary/aromatic N) is 2. The maximum atomic E-state index is 13.8. The lowest BCUT2D eigenvalue weighted by Gasteiger charge is -2.10. The van der Waals surface area contributed by atoms with Gasteiger partial charge in [-0.1, -0.05) is 48.5 Å². The monoisotopic (exact) mass is 369 g/mol. The van der Waals surface area contributed by atoms with Gasteiger partial charge in [-0.25, -0.2) is 9.37 Å². The van der Waals surface area contributed by atoms with E-state index in [0.717, 1.165) is 16.6 Å². The number of rotatable bonds is 5. The van der Waals surface area contributed by atoms with Crippen LogP contribution in [-0.2, 0) is 6.61 Å². The zero-order valence-electron chi connectivity index (χ0n) is 14.9. The number of hydrogen-bond acceptors (Lipinski definition) is 3. The van der Waals surface area contributed by atoms with E-state index in [4.69, 9.17) is 4.74 Å². The number of fused-ring (bicyclic) bond motifs is 1. The summed E-state index contributed by atoms with van der Waals surface area (Å²) < 4.78 is 19.7. The number of imidazole rings is 1. The summed E-state index contributed by atoms with van der Waals surface area (Å²) in [6.07, 6.45) is 1.72. The van der Waals surface area contributed by atoms with Crippen LogP contribution in [-0.4, -0.2) is 9.97 Å². The molecule has 0 aliphatic heterocycles. The standard InChI is InChI=1S/C23H16FN3O/c24-19-9-3-1-8-17(19)15-28-22-12-6-2-7-16(22)13-18(14-25)23-26-20-10-4-5-11-21(20)27-23/h1-13H,15H2,(H,26,27)/b18-13+.